The van der Waals surface area contributed by atoms with Crippen LogP contribution in [0.5, 0.6) is 0 Å². The lowest BCUT2D eigenvalue weighted by Gasteiger charge is -2.22. The van der Waals surface area contributed by atoms with Crippen molar-refractivity contribution in [3.05, 3.63) is 40.8 Å². The molecule has 0 saturated carbocycles. The zero-order valence-electron chi connectivity index (χ0n) is 10.7. The van der Waals surface area contributed by atoms with Gasteiger partial charge in [-0.3, -0.25) is 0 Å². The number of aromatic nitrogens is 2. The van der Waals surface area contributed by atoms with Crippen LogP contribution in [0.15, 0.2) is 34.9 Å². The molecular formula is C14H15BrN2O2. The highest BCUT2D eigenvalue weighted by atomic mass is 79.9. The minimum Gasteiger partial charge on any atom is -0.346 e. The molecule has 0 N–H and O–H groups in total. The molecule has 0 atom stereocenters. The lowest BCUT2D eigenvalue weighted by molar-refractivity contribution is -0.188. The molecule has 1 aromatic carbocycles. The summed E-state index contributed by atoms with van der Waals surface area (Å²) in [5.74, 6) is 0.797. The van der Waals surface area contributed by atoms with Gasteiger partial charge in [0.1, 0.15) is 4.60 Å². The van der Waals surface area contributed by atoms with E-state index >= 15 is 0 Å². The van der Waals surface area contributed by atoms with Gasteiger partial charge in [0.05, 0.1) is 18.9 Å². The summed E-state index contributed by atoms with van der Waals surface area (Å²) in [6, 6.07) is 10.2. The molecule has 0 bridgehead atoms. The third-order valence-corrected chi connectivity index (χ3v) is 3.73. The van der Waals surface area contributed by atoms with Crippen LogP contribution in [0.25, 0.3) is 11.3 Å². The van der Waals surface area contributed by atoms with Crippen molar-refractivity contribution >= 4 is 15.9 Å². The van der Waals surface area contributed by atoms with Gasteiger partial charge in [0.15, 0.2) is 5.82 Å². The van der Waals surface area contributed by atoms with Gasteiger partial charge in [0, 0.05) is 12.6 Å². The average Bonchev–Trinajstić information content (AvgIpc) is 2.76. The molecule has 0 radical (unpaired) electrons. The Labute approximate surface area is 120 Å². The van der Waals surface area contributed by atoms with E-state index in [0.717, 1.165) is 41.3 Å². The standard InChI is InChI=1S/C14H15BrN2O2/c1-17-11(10-6-3-2-4-7-10)12(15)16-13(17)14-18-8-5-9-19-14/h2-4,6-7,14H,5,8-9H2,1H3. The average molecular weight is 323 g/mol. The number of hydrogen-bond acceptors (Lipinski definition) is 3. The number of halogens is 1. The van der Waals surface area contributed by atoms with Gasteiger partial charge in [0.2, 0.25) is 6.29 Å². The van der Waals surface area contributed by atoms with E-state index in [9.17, 15) is 0 Å². The predicted octanol–water partition coefficient (Wildman–Crippen LogP) is 3.29. The maximum atomic E-state index is 5.62. The quantitative estimate of drug-likeness (QED) is 0.851. The van der Waals surface area contributed by atoms with Crippen molar-refractivity contribution in [3.8, 4) is 11.3 Å². The van der Waals surface area contributed by atoms with Crippen molar-refractivity contribution in [2.24, 2.45) is 7.05 Å². The Hall–Kier alpha value is -1.17. The molecule has 1 aliphatic heterocycles. The van der Waals surface area contributed by atoms with Crippen molar-refractivity contribution in [3.63, 3.8) is 0 Å². The Morgan fingerprint density at radius 2 is 1.89 bits per heavy atom. The van der Waals surface area contributed by atoms with Gasteiger partial charge in [-0.2, -0.15) is 0 Å². The van der Waals surface area contributed by atoms with E-state index in [2.05, 4.69) is 33.0 Å². The zero-order chi connectivity index (χ0) is 13.2. The second kappa shape index (κ2) is 5.45. The Bertz CT molecular complexity index is 562. The molecule has 0 aliphatic carbocycles. The molecule has 1 aromatic heterocycles. The van der Waals surface area contributed by atoms with Gasteiger partial charge in [-0.25, -0.2) is 4.98 Å². The monoisotopic (exact) mass is 322 g/mol. The van der Waals surface area contributed by atoms with Crippen LogP contribution in [0.4, 0.5) is 0 Å². The lowest BCUT2D eigenvalue weighted by Crippen LogP contribution is -2.20. The number of hydrogen-bond donors (Lipinski definition) is 0. The fourth-order valence-corrected chi connectivity index (χ4v) is 2.91. The molecule has 2 aromatic rings. The predicted molar refractivity (Wildman–Crippen MR) is 75.6 cm³/mol. The van der Waals surface area contributed by atoms with E-state index in [1.165, 1.54) is 0 Å². The largest absolute Gasteiger partial charge is 0.346 e. The van der Waals surface area contributed by atoms with Gasteiger partial charge in [0.25, 0.3) is 0 Å². The maximum absolute atomic E-state index is 5.62. The number of rotatable bonds is 2. The Morgan fingerprint density at radius 3 is 2.58 bits per heavy atom. The van der Waals surface area contributed by atoms with Crippen molar-refractivity contribution in [2.45, 2.75) is 12.7 Å². The topological polar surface area (TPSA) is 36.3 Å². The molecule has 0 spiro atoms. The second-order valence-electron chi connectivity index (χ2n) is 4.46. The Morgan fingerprint density at radius 1 is 1.21 bits per heavy atom. The minimum absolute atomic E-state index is 0.368. The normalized spacial score (nSPS) is 16.7. The van der Waals surface area contributed by atoms with Gasteiger partial charge < -0.3 is 14.0 Å². The molecule has 2 heterocycles. The number of ether oxygens (including phenoxy) is 2. The molecule has 1 fully saturated rings. The van der Waals surface area contributed by atoms with Crippen LogP contribution in [0, 0.1) is 0 Å². The van der Waals surface area contributed by atoms with Crippen LogP contribution in [-0.2, 0) is 16.5 Å². The maximum Gasteiger partial charge on any atom is 0.217 e. The van der Waals surface area contributed by atoms with E-state index in [1.54, 1.807) is 0 Å². The molecule has 0 unspecified atom stereocenters. The smallest absolute Gasteiger partial charge is 0.217 e. The van der Waals surface area contributed by atoms with Crippen molar-refractivity contribution in [1.29, 1.82) is 0 Å². The highest BCUT2D eigenvalue weighted by molar-refractivity contribution is 9.10. The Kier molecular flexibility index (Phi) is 3.68. The van der Waals surface area contributed by atoms with Gasteiger partial charge in [-0.1, -0.05) is 30.3 Å². The number of nitrogens with zero attached hydrogens (tertiary/aromatic N) is 2. The molecule has 1 saturated heterocycles. The van der Waals surface area contributed by atoms with E-state index < -0.39 is 0 Å². The van der Waals surface area contributed by atoms with E-state index in [-0.39, 0.29) is 6.29 Å². The first-order valence-corrected chi connectivity index (χ1v) is 7.07. The van der Waals surface area contributed by atoms with Crippen molar-refractivity contribution in [2.75, 3.05) is 13.2 Å². The highest BCUT2D eigenvalue weighted by Crippen LogP contribution is 2.32. The summed E-state index contributed by atoms with van der Waals surface area (Å²) in [4.78, 5) is 4.54. The summed E-state index contributed by atoms with van der Waals surface area (Å²) < 4.78 is 14.1. The minimum atomic E-state index is -0.368. The summed E-state index contributed by atoms with van der Waals surface area (Å²) >= 11 is 3.53. The van der Waals surface area contributed by atoms with Crippen molar-refractivity contribution < 1.29 is 9.47 Å². The molecule has 19 heavy (non-hydrogen) atoms. The number of imidazole rings is 1. The van der Waals surface area contributed by atoms with Gasteiger partial charge >= 0.3 is 0 Å². The van der Waals surface area contributed by atoms with Crippen LogP contribution in [-0.4, -0.2) is 22.8 Å². The molecule has 5 heteroatoms. The molecule has 0 amide bonds. The summed E-state index contributed by atoms with van der Waals surface area (Å²) in [5.41, 5.74) is 2.15. The van der Waals surface area contributed by atoms with Gasteiger partial charge in [-0.05, 0) is 22.4 Å². The Balaban J connectivity index is 2.00. The fraction of sp³-hybridized carbons (Fsp3) is 0.357. The number of benzene rings is 1. The molecule has 3 rings (SSSR count). The van der Waals surface area contributed by atoms with Crippen LogP contribution >= 0.6 is 15.9 Å². The summed E-state index contributed by atoms with van der Waals surface area (Å²) in [6.45, 7) is 1.44. The third-order valence-electron chi connectivity index (χ3n) is 3.17. The first kappa shape index (κ1) is 12.8. The lowest BCUT2D eigenvalue weighted by atomic mass is 10.2. The summed E-state index contributed by atoms with van der Waals surface area (Å²) in [7, 11) is 1.98. The van der Waals surface area contributed by atoms with Crippen LogP contribution in [0.3, 0.4) is 0 Å². The van der Waals surface area contributed by atoms with E-state index in [4.69, 9.17) is 9.47 Å². The van der Waals surface area contributed by atoms with Crippen molar-refractivity contribution in [1.82, 2.24) is 9.55 Å². The molecular weight excluding hydrogens is 308 g/mol. The van der Waals surface area contributed by atoms with Crippen LogP contribution in [0.1, 0.15) is 18.5 Å². The second-order valence-corrected chi connectivity index (χ2v) is 5.21. The van der Waals surface area contributed by atoms with Crippen LogP contribution in [0.2, 0.25) is 0 Å². The van der Waals surface area contributed by atoms with Gasteiger partial charge in [-0.15, -0.1) is 0 Å². The first-order valence-electron chi connectivity index (χ1n) is 6.28. The third kappa shape index (κ3) is 2.45. The first-order chi connectivity index (χ1) is 9.27. The highest BCUT2D eigenvalue weighted by Gasteiger charge is 2.24. The van der Waals surface area contributed by atoms with E-state index in [1.807, 2.05) is 29.8 Å². The summed E-state index contributed by atoms with van der Waals surface area (Å²) in [6.07, 6.45) is 0.570. The SMILES string of the molecule is Cn1c(C2OCCCO2)nc(Br)c1-c1ccccc1. The van der Waals surface area contributed by atoms with Crippen LogP contribution < -0.4 is 0 Å². The molecule has 1 aliphatic rings. The van der Waals surface area contributed by atoms with E-state index in [0.29, 0.717) is 0 Å². The summed E-state index contributed by atoms with van der Waals surface area (Å²) in [5, 5.41) is 0. The zero-order valence-corrected chi connectivity index (χ0v) is 12.3. The fourth-order valence-electron chi connectivity index (χ4n) is 2.24. The molecule has 100 valence electrons. The molecule has 4 nitrogen and oxygen atoms in total.